The number of β-amino-alcohol motifs (C(OH)–C–C–N with tert-alkyl or cyclic N) is 1. The van der Waals surface area contributed by atoms with Gasteiger partial charge in [0.15, 0.2) is 0 Å². The van der Waals surface area contributed by atoms with Crippen LogP contribution in [-0.4, -0.2) is 64.1 Å². The Labute approximate surface area is 118 Å². The molecule has 0 aromatic carbocycles. The molecule has 0 spiro atoms. The van der Waals surface area contributed by atoms with Crippen LogP contribution in [-0.2, 0) is 9.53 Å². The van der Waals surface area contributed by atoms with Gasteiger partial charge in [0, 0.05) is 19.6 Å². The number of carboxylic acid groups (broad SMARTS) is 1. The molecule has 0 bridgehead atoms. The maximum atomic E-state index is 11.8. The van der Waals surface area contributed by atoms with Gasteiger partial charge in [0.2, 0.25) is 0 Å². The van der Waals surface area contributed by atoms with E-state index in [0.29, 0.717) is 0 Å². The minimum Gasteiger partial charge on any atom is -0.481 e. The number of carboxylic acids is 1. The summed E-state index contributed by atoms with van der Waals surface area (Å²) in [6.45, 7) is 7.77. The average Bonchev–Trinajstić information content (AvgIpc) is 2.17. The van der Waals surface area contributed by atoms with Crippen LogP contribution < -0.4 is 5.32 Å². The second-order valence-corrected chi connectivity index (χ2v) is 6.42. The second kappa shape index (κ2) is 5.97. The van der Waals surface area contributed by atoms with Crippen LogP contribution in [0.3, 0.4) is 0 Å². The summed E-state index contributed by atoms with van der Waals surface area (Å²) in [4.78, 5) is 24.2. The van der Waals surface area contributed by atoms with E-state index in [1.807, 2.05) is 0 Å². The Kier molecular flexibility index (Phi) is 4.99. The van der Waals surface area contributed by atoms with E-state index in [1.54, 1.807) is 27.7 Å². The van der Waals surface area contributed by atoms with E-state index in [0.717, 1.165) is 0 Å². The minimum absolute atomic E-state index is 0.0982. The Hall–Kier alpha value is -1.34. The summed E-state index contributed by atoms with van der Waals surface area (Å²) in [5.74, 6) is -0.938. The van der Waals surface area contributed by atoms with Gasteiger partial charge in [-0.1, -0.05) is 0 Å². The molecule has 1 atom stereocenters. The van der Waals surface area contributed by atoms with Crippen molar-refractivity contribution in [3.05, 3.63) is 0 Å². The van der Waals surface area contributed by atoms with Gasteiger partial charge in [0.05, 0.1) is 18.1 Å². The topological polar surface area (TPSA) is 99.1 Å². The van der Waals surface area contributed by atoms with Gasteiger partial charge in [-0.3, -0.25) is 4.79 Å². The molecule has 1 saturated heterocycles. The molecule has 1 aliphatic heterocycles. The van der Waals surface area contributed by atoms with Gasteiger partial charge in [0.25, 0.3) is 0 Å². The first kappa shape index (κ1) is 16.7. The molecule has 1 amide bonds. The normalized spacial score (nSPS) is 19.1. The number of aliphatic hydroxyl groups is 1. The second-order valence-electron chi connectivity index (χ2n) is 6.42. The largest absolute Gasteiger partial charge is 0.481 e. The minimum atomic E-state index is -0.938. The first-order chi connectivity index (χ1) is 9.03. The number of nitrogens with one attached hydrogen (secondary N) is 1. The third-order valence-corrected chi connectivity index (χ3v) is 2.90. The van der Waals surface area contributed by atoms with Crippen LogP contribution in [0, 0.1) is 0 Å². The number of carbonyl (C=O) groups excluding carboxylic acids is 1. The lowest BCUT2D eigenvalue weighted by molar-refractivity contribution is -0.141. The molecule has 0 aliphatic carbocycles. The number of aliphatic hydroxyl groups excluding tert-OH is 1. The Bertz CT molecular complexity index is 369. The van der Waals surface area contributed by atoms with Crippen molar-refractivity contribution in [1.82, 2.24) is 10.2 Å². The maximum absolute atomic E-state index is 11.8. The van der Waals surface area contributed by atoms with Gasteiger partial charge >= 0.3 is 12.1 Å². The summed E-state index contributed by atoms with van der Waals surface area (Å²) in [6.07, 6.45) is -1.12. The van der Waals surface area contributed by atoms with E-state index in [9.17, 15) is 14.7 Å². The van der Waals surface area contributed by atoms with Crippen LogP contribution in [0.25, 0.3) is 0 Å². The molecule has 3 N–H and O–H groups in total. The fourth-order valence-electron chi connectivity index (χ4n) is 2.08. The van der Waals surface area contributed by atoms with Crippen molar-refractivity contribution < 1.29 is 24.5 Å². The van der Waals surface area contributed by atoms with Crippen LogP contribution in [0.1, 0.15) is 34.1 Å². The lowest BCUT2D eigenvalue weighted by atomic mass is 9.86. The molecule has 1 fully saturated rings. The zero-order chi connectivity index (χ0) is 15.6. The highest BCUT2D eigenvalue weighted by Gasteiger charge is 2.47. The van der Waals surface area contributed by atoms with Gasteiger partial charge in [-0.05, 0) is 27.7 Å². The van der Waals surface area contributed by atoms with Crippen molar-refractivity contribution in [2.45, 2.75) is 51.4 Å². The van der Waals surface area contributed by atoms with Crippen molar-refractivity contribution >= 4 is 12.1 Å². The molecule has 0 aromatic rings. The third-order valence-electron chi connectivity index (χ3n) is 2.90. The van der Waals surface area contributed by atoms with Crippen molar-refractivity contribution in [1.29, 1.82) is 0 Å². The lowest BCUT2D eigenvalue weighted by Gasteiger charge is -2.50. The van der Waals surface area contributed by atoms with Crippen LogP contribution in [0.2, 0.25) is 0 Å². The number of likely N-dealkylation sites (tertiary alicyclic amines) is 1. The molecular weight excluding hydrogens is 264 g/mol. The van der Waals surface area contributed by atoms with Crippen LogP contribution >= 0.6 is 0 Å². The van der Waals surface area contributed by atoms with Crippen molar-refractivity contribution in [2.24, 2.45) is 0 Å². The van der Waals surface area contributed by atoms with E-state index in [4.69, 9.17) is 9.84 Å². The molecule has 0 saturated carbocycles. The maximum Gasteiger partial charge on any atom is 0.410 e. The van der Waals surface area contributed by atoms with Crippen LogP contribution in [0.5, 0.6) is 0 Å². The quantitative estimate of drug-likeness (QED) is 0.678. The van der Waals surface area contributed by atoms with Gasteiger partial charge in [-0.25, -0.2) is 4.79 Å². The van der Waals surface area contributed by atoms with Gasteiger partial charge in [0.1, 0.15) is 5.60 Å². The van der Waals surface area contributed by atoms with Gasteiger partial charge in [-0.15, -0.1) is 0 Å². The molecule has 1 rings (SSSR count). The SMILES string of the molecule is CC(O)CNC1(CC(=O)O)CN(C(=O)OC(C)(C)C)C1. The van der Waals surface area contributed by atoms with E-state index < -0.39 is 29.3 Å². The highest BCUT2D eigenvalue weighted by molar-refractivity contribution is 5.73. The Morgan fingerprint density at radius 2 is 1.95 bits per heavy atom. The Morgan fingerprint density at radius 3 is 2.35 bits per heavy atom. The standard InChI is InChI=1S/C13H24N2O5/c1-9(16)6-14-13(5-10(17)18)7-15(8-13)11(19)20-12(2,3)4/h9,14,16H,5-8H2,1-4H3,(H,17,18). The molecule has 1 aliphatic rings. The zero-order valence-corrected chi connectivity index (χ0v) is 12.5. The number of ether oxygens (including phenoxy) is 1. The highest BCUT2D eigenvalue weighted by atomic mass is 16.6. The molecule has 1 heterocycles. The van der Waals surface area contributed by atoms with Gasteiger partial charge in [-0.2, -0.15) is 0 Å². The first-order valence-corrected chi connectivity index (χ1v) is 6.66. The number of rotatable bonds is 5. The van der Waals surface area contributed by atoms with E-state index in [-0.39, 0.29) is 26.1 Å². The molecule has 1 unspecified atom stereocenters. The summed E-state index contributed by atoms with van der Waals surface area (Å²) < 4.78 is 5.23. The fraction of sp³-hybridized carbons (Fsp3) is 0.846. The molecule has 7 heteroatoms. The van der Waals surface area contributed by atoms with Crippen molar-refractivity contribution in [2.75, 3.05) is 19.6 Å². The van der Waals surface area contributed by atoms with Gasteiger partial charge < -0.3 is 25.2 Å². The molecule has 20 heavy (non-hydrogen) atoms. The first-order valence-electron chi connectivity index (χ1n) is 6.66. The Balaban J connectivity index is 2.56. The Morgan fingerprint density at radius 1 is 1.40 bits per heavy atom. The number of hydrogen-bond acceptors (Lipinski definition) is 5. The van der Waals surface area contributed by atoms with E-state index >= 15 is 0 Å². The smallest absolute Gasteiger partial charge is 0.410 e. The highest BCUT2D eigenvalue weighted by Crippen LogP contribution is 2.26. The number of aliphatic carboxylic acids is 1. The fourth-order valence-corrected chi connectivity index (χ4v) is 2.08. The summed E-state index contributed by atoms with van der Waals surface area (Å²) >= 11 is 0. The van der Waals surface area contributed by atoms with E-state index in [1.165, 1.54) is 4.90 Å². The molecule has 0 aromatic heterocycles. The number of nitrogens with zero attached hydrogens (tertiary/aromatic N) is 1. The lowest BCUT2D eigenvalue weighted by Crippen LogP contribution is -2.71. The molecule has 7 nitrogen and oxygen atoms in total. The number of hydrogen-bond donors (Lipinski definition) is 3. The summed E-state index contributed by atoms with van der Waals surface area (Å²) in [6, 6.07) is 0. The summed E-state index contributed by atoms with van der Waals surface area (Å²) in [5.41, 5.74) is -1.26. The number of amides is 1. The van der Waals surface area contributed by atoms with Crippen molar-refractivity contribution in [3.63, 3.8) is 0 Å². The molecule has 0 radical (unpaired) electrons. The monoisotopic (exact) mass is 288 g/mol. The van der Waals surface area contributed by atoms with Crippen LogP contribution in [0.4, 0.5) is 4.79 Å². The van der Waals surface area contributed by atoms with Crippen molar-refractivity contribution in [3.8, 4) is 0 Å². The third kappa shape index (κ3) is 4.97. The molecule has 116 valence electrons. The zero-order valence-electron chi connectivity index (χ0n) is 12.5. The number of carbonyl (C=O) groups is 2. The predicted octanol–water partition coefficient (Wildman–Crippen LogP) is 0.421. The van der Waals surface area contributed by atoms with Crippen LogP contribution in [0.15, 0.2) is 0 Å². The van der Waals surface area contributed by atoms with E-state index in [2.05, 4.69) is 5.32 Å². The predicted molar refractivity (Wildman–Crippen MR) is 72.5 cm³/mol. The molecular formula is C13H24N2O5. The summed E-state index contributed by atoms with van der Waals surface area (Å²) in [7, 11) is 0. The average molecular weight is 288 g/mol. The summed E-state index contributed by atoms with van der Waals surface area (Å²) in [5, 5.41) is 21.3.